The molecule has 0 spiro atoms. The van der Waals surface area contributed by atoms with Gasteiger partial charge in [0.05, 0.1) is 12.8 Å². The number of piperazine rings is 1. The first-order valence-electron chi connectivity index (χ1n) is 9.70. The molecule has 2 aromatic heterocycles. The van der Waals surface area contributed by atoms with E-state index in [0.29, 0.717) is 6.42 Å². The second-order valence-corrected chi connectivity index (χ2v) is 6.94. The van der Waals surface area contributed by atoms with Gasteiger partial charge in [0, 0.05) is 45.2 Å². The van der Waals surface area contributed by atoms with Gasteiger partial charge < -0.3 is 14.5 Å². The first-order chi connectivity index (χ1) is 13.8. The van der Waals surface area contributed by atoms with Gasteiger partial charge in [-0.25, -0.2) is 0 Å². The normalized spacial score (nSPS) is 14.5. The minimum Gasteiger partial charge on any atom is -0.495 e. The van der Waals surface area contributed by atoms with Crippen molar-refractivity contribution < 1.29 is 9.53 Å². The van der Waals surface area contributed by atoms with Gasteiger partial charge in [-0.2, -0.15) is 0 Å². The molecule has 0 saturated carbocycles. The number of aryl methyl sites for hydroxylation is 1. The number of hydrogen-bond donors (Lipinski definition) is 0. The number of anilines is 1. The SMILES string of the molecule is COc1ccccc1N1CCN(C(=O)CCCc2nnc3ccccn23)CC1. The minimum absolute atomic E-state index is 0.216. The lowest BCUT2D eigenvalue weighted by molar-refractivity contribution is -0.131. The molecule has 146 valence electrons. The number of aromatic nitrogens is 3. The molecule has 0 aliphatic carbocycles. The number of ether oxygens (including phenoxy) is 1. The summed E-state index contributed by atoms with van der Waals surface area (Å²) in [6.07, 6.45) is 4.03. The number of methoxy groups -OCH3 is 1. The third kappa shape index (κ3) is 3.78. The molecule has 4 rings (SSSR count). The number of rotatable bonds is 6. The molecule has 3 aromatic rings. The van der Waals surface area contributed by atoms with Crippen molar-refractivity contribution in [3.63, 3.8) is 0 Å². The number of fused-ring (bicyclic) bond motifs is 1. The van der Waals surface area contributed by atoms with Crippen molar-refractivity contribution in [2.45, 2.75) is 19.3 Å². The number of hydrogen-bond acceptors (Lipinski definition) is 5. The quantitative estimate of drug-likeness (QED) is 0.658. The lowest BCUT2D eigenvalue weighted by Gasteiger charge is -2.36. The van der Waals surface area contributed by atoms with Gasteiger partial charge in [0.15, 0.2) is 5.65 Å². The summed E-state index contributed by atoms with van der Waals surface area (Å²) in [5, 5.41) is 8.39. The fourth-order valence-corrected chi connectivity index (χ4v) is 3.71. The summed E-state index contributed by atoms with van der Waals surface area (Å²) in [5.74, 6) is 2.00. The maximum absolute atomic E-state index is 12.6. The molecule has 0 N–H and O–H groups in total. The van der Waals surface area contributed by atoms with Crippen LogP contribution >= 0.6 is 0 Å². The lowest BCUT2D eigenvalue weighted by atomic mass is 10.2. The van der Waals surface area contributed by atoms with Gasteiger partial charge in [0.2, 0.25) is 5.91 Å². The van der Waals surface area contributed by atoms with Crippen LogP contribution in [0.15, 0.2) is 48.7 Å². The number of carbonyl (C=O) groups is 1. The molecule has 0 radical (unpaired) electrons. The molecular weight excluding hydrogens is 354 g/mol. The topological polar surface area (TPSA) is 63.0 Å². The molecule has 7 nitrogen and oxygen atoms in total. The average Bonchev–Trinajstić information content (AvgIpc) is 3.17. The summed E-state index contributed by atoms with van der Waals surface area (Å²) in [4.78, 5) is 16.8. The fraction of sp³-hybridized carbons (Fsp3) is 0.381. The van der Waals surface area contributed by atoms with Gasteiger partial charge in [0.25, 0.3) is 0 Å². The van der Waals surface area contributed by atoms with E-state index in [1.54, 1.807) is 7.11 Å². The highest BCUT2D eigenvalue weighted by atomic mass is 16.5. The van der Waals surface area contributed by atoms with Crippen LogP contribution in [-0.4, -0.2) is 58.7 Å². The molecule has 0 atom stereocenters. The van der Waals surface area contributed by atoms with E-state index in [2.05, 4.69) is 21.2 Å². The Morgan fingerprint density at radius 3 is 2.64 bits per heavy atom. The number of pyridine rings is 1. The number of amides is 1. The van der Waals surface area contributed by atoms with Crippen LogP contribution < -0.4 is 9.64 Å². The lowest BCUT2D eigenvalue weighted by Crippen LogP contribution is -2.48. The molecule has 7 heteroatoms. The molecule has 1 fully saturated rings. The maximum atomic E-state index is 12.6. The summed E-state index contributed by atoms with van der Waals surface area (Å²) in [7, 11) is 1.69. The number of para-hydroxylation sites is 2. The largest absolute Gasteiger partial charge is 0.495 e. The smallest absolute Gasteiger partial charge is 0.222 e. The van der Waals surface area contributed by atoms with E-state index in [4.69, 9.17) is 4.74 Å². The monoisotopic (exact) mass is 379 g/mol. The Hall–Kier alpha value is -3.09. The van der Waals surface area contributed by atoms with E-state index in [1.165, 1.54) is 0 Å². The Morgan fingerprint density at radius 1 is 1.04 bits per heavy atom. The highest BCUT2D eigenvalue weighted by Crippen LogP contribution is 2.28. The predicted molar refractivity (Wildman–Crippen MR) is 108 cm³/mol. The molecule has 1 saturated heterocycles. The summed E-state index contributed by atoms with van der Waals surface area (Å²) < 4.78 is 7.44. The molecule has 3 heterocycles. The number of nitrogens with zero attached hydrogens (tertiary/aromatic N) is 5. The number of carbonyl (C=O) groups excluding carboxylic acids is 1. The van der Waals surface area contributed by atoms with Crippen LogP contribution in [0.2, 0.25) is 0 Å². The van der Waals surface area contributed by atoms with E-state index in [9.17, 15) is 4.79 Å². The Bertz CT molecular complexity index is 947. The van der Waals surface area contributed by atoms with Gasteiger partial charge >= 0.3 is 0 Å². The van der Waals surface area contributed by atoms with Crippen molar-refractivity contribution in [2.75, 3.05) is 38.2 Å². The van der Waals surface area contributed by atoms with Crippen molar-refractivity contribution in [2.24, 2.45) is 0 Å². The van der Waals surface area contributed by atoms with Crippen LogP contribution in [0.5, 0.6) is 5.75 Å². The highest BCUT2D eigenvalue weighted by molar-refractivity contribution is 5.76. The van der Waals surface area contributed by atoms with Crippen LogP contribution in [-0.2, 0) is 11.2 Å². The van der Waals surface area contributed by atoms with Crippen molar-refractivity contribution in [3.8, 4) is 5.75 Å². The Kier molecular flexibility index (Phi) is 5.41. The first-order valence-corrected chi connectivity index (χ1v) is 9.70. The summed E-state index contributed by atoms with van der Waals surface area (Å²) in [6.45, 7) is 3.12. The second kappa shape index (κ2) is 8.29. The van der Waals surface area contributed by atoms with Gasteiger partial charge in [-0.1, -0.05) is 18.2 Å². The first kappa shape index (κ1) is 18.3. The molecular formula is C21H25N5O2. The predicted octanol–water partition coefficient (Wildman–Crippen LogP) is 2.41. The van der Waals surface area contributed by atoms with Gasteiger partial charge in [-0.15, -0.1) is 10.2 Å². The Labute approximate surface area is 164 Å². The van der Waals surface area contributed by atoms with Gasteiger partial charge in [0.1, 0.15) is 11.6 Å². The van der Waals surface area contributed by atoms with Gasteiger partial charge in [-0.3, -0.25) is 9.20 Å². The fourth-order valence-electron chi connectivity index (χ4n) is 3.71. The molecule has 1 aliphatic rings. The summed E-state index contributed by atoms with van der Waals surface area (Å²) in [5.41, 5.74) is 1.94. The highest BCUT2D eigenvalue weighted by Gasteiger charge is 2.22. The zero-order chi connectivity index (χ0) is 19.3. The van der Waals surface area contributed by atoms with E-state index in [-0.39, 0.29) is 5.91 Å². The van der Waals surface area contributed by atoms with E-state index >= 15 is 0 Å². The van der Waals surface area contributed by atoms with E-state index in [0.717, 1.165) is 61.9 Å². The maximum Gasteiger partial charge on any atom is 0.222 e. The molecule has 28 heavy (non-hydrogen) atoms. The van der Waals surface area contributed by atoms with Crippen LogP contribution in [0, 0.1) is 0 Å². The van der Waals surface area contributed by atoms with E-state index in [1.807, 2.05) is 51.9 Å². The minimum atomic E-state index is 0.216. The van der Waals surface area contributed by atoms with Crippen LogP contribution in [0.25, 0.3) is 5.65 Å². The molecule has 0 bridgehead atoms. The van der Waals surface area contributed by atoms with Crippen LogP contribution in [0.4, 0.5) is 5.69 Å². The van der Waals surface area contributed by atoms with E-state index < -0.39 is 0 Å². The zero-order valence-corrected chi connectivity index (χ0v) is 16.1. The van der Waals surface area contributed by atoms with Crippen molar-refractivity contribution in [1.29, 1.82) is 0 Å². The second-order valence-electron chi connectivity index (χ2n) is 6.94. The van der Waals surface area contributed by atoms with Crippen LogP contribution in [0.1, 0.15) is 18.7 Å². The molecule has 1 aromatic carbocycles. The summed E-state index contributed by atoms with van der Waals surface area (Å²) in [6, 6.07) is 13.9. The third-order valence-corrected chi connectivity index (χ3v) is 5.23. The Morgan fingerprint density at radius 2 is 1.82 bits per heavy atom. The van der Waals surface area contributed by atoms with Gasteiger partial charge in [-0.05, 0) is 30.7 Å². The third-order valence-electron chi connectivity index (χ3n) is 5.23. The van der Waals surface area contributed by atoms with Crippen molar-refractivity contribution >= 4 is 17.2 Å². The molecule has 1 aliphatic heterocycles. The standard InChI is InChI=1S/C21H25N5O2/c1-28-18-8-3-2-7-17(18)24-13-15-25(16-14-24)21(27)11-6-10-20-23-22-19-9-4-5-12-26(19)20/h2-5,7-9,12H,6,10-11,13-16H2,1H3. The number of benzene rings is 1. The average molecular weight is 379 g/mol. The molecule has 0 unspecified atom stereocenters. The summed E-state index contributed by atoms with van der Waals surface area (Å²) >= 11 is 0. The molecule has 1 amide bonds. The Balaban J connectivity index is 1.27. The van der Waals surface area contributed by atoms with Crippen LogP contribution in [0.3, 0.4) is 0 Å². The van der Waals surface area contributed by atoms with Crippen molar-refractivity contribution in [1.82, 2.24) is 19.5 Å². The zero-order valence-electron chi connectivity index (χ0n) is 16.1. The van der Waals surface area contributed by atoms with Crippen molar-refractivity contribution in [3.05, 3.63) is 54.5 Å².